The maximum atomic E-state index is 12.2. The molecule has 1 rings (SSSR count). The third kappa shape index (κ3) is 22.0. The Bertz CT molecular complexity index is 694. The zero-order valence-electron chi connectivity index (χ0n) is 24.0. The maximum absolute atomic E-state index is 12.2. The lowest BCUT2D eigenvalue weighted by Gasteiger charge is -2.12. The number of nitrogens with one attached hydrogen (secondary N) is 2. The van der Waals surface area contributed by atoms with Gasteiger partial charge in [-0.3, -0.25) is 4.79 Å². The van der Waals surface area contributed by atoms with E-state index in [1.807, 2.05) is 24.3 Å². The lowest BCUT2D eigenvalue weighted by Crippen LogP contribution is -2.29. The van der Waals surface area contributed by atoms with Gasteiger partial charge < -0.3 is 34.3 Å². The summed E-state index contributed by atoms with van der Waals surface area (Å²) in [5.41, 5.74) is 1.10. The van der Waals surface area contributed by atoms with Crippen LogP contribution in [0.2, 0.25) is 0 Å². The van der Waals surface area contributed by atoms with Crippen molar-refractivity contribution in [3.05, 3.63) is 29.8 Å². The van der Waals surface area contributed by atoms with Crippen LogP contribution in [0.25, 0.3) is 0 Å². The Morgan fingerprint density at radius 3 is 1.95 bits per heavy atom. The molecule has 0 heterocycles. The van der Waals surface area contributed by atoms with Crippen LogP contribution in [0, 0.1) is 0 Å². The first-order chi connectivity index (χ1) is 18.4. The van der Waals surface area contributed by atoms with Crippen molar-refractivity contribution in [1.29, 1.82) is 0 Å². The van der Waals surface area contributed by atoms with Gasteiger partial charge in [-0.2, -0.15) is 0 Å². The van der Waals surface area contributed by atoms with Crippen LogP contribution >= 0.6 is 21.6 Å². The standard InChI is InChI=1S/C28H50N2O6S2/c1-23(2)29-12-16-32-18-20-34-21-19-33-17-13-30-28(31)22-26-8-10-27(11-9-26)38-37-25(5)36-15-7-6-14-35-24(3)4/h8-11,23-25,29H,6-7,12-22H2,1-5H3,(H,30,31). The van der Waals surface area contributed by atoms with Gasteiger partial charge in [-0.25, -0.2) is 0 Å². The highest BCUT2D eigenvalue weighted by molar-refractivity contribution is 8.76. The van der Waals surface area contributed by atoms with Gasteiger partial charge in [-0.1, -0.05) is 47.6 Å². The summed E-state index contributed by atoms with van der Waals surface area (Å²) in [4.78, 5) is 13.3. The van der Waals surface area contributed by atoms with Gasteiger partial charge in [0.05, 0.1) is 52.2 Å². The smallest absolute Gasteiger partial charge is 0.224 e. The largest absolute Gasteiger partial charge is 0.379 e. The molecular weight excluding hydrogens is 524 g/mol. The second-order valence-electron chi connectivity index (χ2n) is 9.36. The van der Waals surface area contributed by atoms with Crippen LogP contribution in [0.1, 0.15) is 53.0 Å². The van der Waals surface area contributed by atoms with E-state index in [9.17, 15) is 4.79 Å². The highest BCUT2D eigenvalue weighted by Gasteiger charge is 2.07. The molecule has 38 heavy (non-hydrogen) atoms. The van der Waals surface area contributed by atoms with Gasteiger partial charge in [-0.15, -0.1) is 0 Å². The van der Waals surface area contributed by atoms with Gasteiger partial charge in [0.1, 0.15) is 5.44 Å². The Labute approximate surface area is 238 Å². The molecule has 0 aliphatic carbocycles. The van der Waals surface area contributed by atoms with E-state index in [1.54, 1.807) is 21.6 Å². The molecule has 1 unspecified atom stereocenters. The van der Waals surface area contributed by atoms with E-state index in [0.717, 1.165) is 43.1 Å². The molecule has 1 aromatic carbocycles. The van der Waals surface area contributed by atoms with Gasteiger partial charge in [0, 0.05) is 37.2 Å². The summed E-state index contributed by atoms with van der Waals surface area (Å²) in [7, 11) is 3.39. The zero-order chi connectivity index (χ0) is 27.8. The molecule has 0 aromatic heterocycles. The van der Waals surface area contributed by atoms with Gasteiger partial charge >= 0.3 is 0 Å². The molecule has 10 heteroatoms. The van der Waals surface area contributed by atoms with Crippen molar-refractivity contribution in [3.8, 4) is 0 Å². The monoisotopic (exact) mass is 574 g/mol. The second kappa shape index (κ2) is 24.0. The molecule has 0 radical (unpaired) electrons. The van der Waals surface area contributed by atoms with Gasteiger partial charge in [0.25, 0.3) is 0 Å². The number of amides is 1. The number of rotatable bonds is 25. The lowest BCUT2D eigenvalue weighted by atomic mass is 10.1. The number of hydrogen-bond donors (Lipinski definition) is 2. The summed E-state index contributed by atoms with van der Waals surface area (Å²) in [6.45, 7) is 16.6. The Kier molecular flexibility index (Phi) is 22.2. The summed E-state index contributed by atoms with van der Waals surface area (Å²) in [6, 6.07) is 8.57. The van der Waals surface area contributed by atoms with Crippen LogP contribution in [-0.4, -0.2) is 89.4 Å². The zero-order valence-corrected chi connectivity index (χ0v) is 25.6. The molecule has 0 aliphatic rings. The minimum atomic E-state index is -0.00968. The summed E-state index contributed by atoms with van der Waals surface area (Å²) < 4.78 is 27.9. The number of benzene rings is 1. The molecule has 1 atom stereocenters. The average Bonchev–Trinajstić information content (AvgIpc) is 2.88. The maximum Gasteiger partial charge on any atom is 0.224 e. The lowest BCUT2D eigenvalue weighted by molar-refractivity contribution is -0.120. The van der Waals surface area contributed by atoms with Gasteiger partial charge in [0.2, 0.25) is 5.91 Å². The van der Waals surface area contributed by atoms with Crippen LogP contribution in [0.4, 0.5) is 0 Å². The Morgan fingerprint density at radius 1 is 0.763 bits per heavy atom. The van der Waals surface area contributed by atoms with Crippen LogP contribution in [-0.2, 0) is 34.9 Å². The number of ether oxygens (including phenoxy) is 5. The molecule has 8 nitrogen and oxygen atoms in total. The summed E-state index contributed by atoms with van der Waals surface area (Å²) in [5.74, 6) is -0.00968. The van der Waals surface area contributed by atoms with Crippen molar-refractivity contribution in [2.45, 2.75) is 76.4 Å². The fraction of sp³-hybridized carbons (Fsp3) is 0.750. The molecule has 220 valence electrons. The van der Waals surface area contributed by atoms with Crippen molar-refractivity contribution in [3.63, 3.8) is 0 Å². The highest BCUT2D eigenvalue weighted by Crippen LogP contribution is 2.34. The van der Waals surface area contributed by atoms with E-state index >= 15 is 0 Å². The van der Waals surface area contributed by atoms with Gasteiger partial charge in [-0.05, 0) is 51.3 Å². The molecule has 1 amide bonds. The topological polar surface area (TPSA) is 87.3 Å². The predicted octanol–water partition coefficient (Wildman–Crippen LogP) is 4.70. The molecule has 0 aliphatic heterocycles. The molecule has 0 bridgehead atoms. The molecule has 0 saturated carbocycles. The fourth-order valence-corrected chi connectivity index (χ4v) is 4.94. The normalized spacial score (nSPS) is 12.4. The van der Waals surface area contributed by atoms with E-state index in [2.05, 4.69) is 45.3 Å². The number of carbonyl (C=O) groups is 1. The fourth-order valence-electron chi connectivity index (χ4n) is 3.06. The van der Waals surface area contributed by atoms with Crippen molar-refractivity contribution in [1.82, 2.24) is 10.6 Å². The first-order valence-electron chi connectivity index (χ1n) is 13.8. The average molecular weight is 575 g/mol. The Morgan fingerprint density at radius 2 is 1.34 bits per heavy atom. The predicted molar refractivity (Wildman–Crippen MR) is 158 cm³/mol. The summed E-state index contributed by atoms with van der Waals surface area (Å²) in [5, 5.41) is 6.19. The van der Waals surface area contributed by atoms with Crippen LogP contribution in [0.3, 0.4) is 0 Å². The quantitative estimate of drug-likeness (QED) is 0.0980. The minimum Gasteiger partial charge on any atom is -0.379 e. The van der Waals surface area contributed by atoms with E-state index in [0.29, 0.717) is 58.6 Å². The highest BCUT2D eigenvalue weighted by atomic mass is 33.1. The van der Waals surface area contributed by atoms with Crippen molar-refractivity contribution in [2.75, 3.05) is 65.9 Å². The van der Waals surface area contributed by atoms with E-state index in [-0.39, 0.29) is 17.4 Å². The molecule has 0 spiro atoms. The van der Waals surface area contributed by atoms with Crippen molar-refractivity contribution >= 4 is 27.5 Å². The number of hydrogen-bond acceptors (Lipinski definition) is 9. The van der Waals surface area contributed by atoms with E-state index in [4.69, 9.17) is 23.7 Å². The number of carbonyl (C=O) groups excluding carboxylic acids is 1. The van der Waals surface area contributed by atoms with Crippen molar-refractivity contribution in [2.24, 2.45) is 0 Å². The minimum absolute atomic E-state index is 0.00968. The van der Waals surface area contributed by atoms with Crippen LogP contribution < -0.4 is 10.6 Å². The Hall–Kier alpha value is -0.850. The first kappa shape index (κ1) is 35.2. The van der Waals surface area contributed by atoms with E-state index in [1.165, 1.54) is 0 Å². The molecule has 1 aromatic rings. The molecular formula is C28H50N2O6S2. The summed E-state index contributed by atoms with van der Waals surface area (Å²) >= 11 is 0. The third-order valence-corrected chi connectivity index (χ3v) is 7.67. The molecule has 2 N–H and O–H groups in total. The van der Waals surface area contributed by atoms with E-state index < -0.39 is 0 Å². The van der Waals surface area contributed by atoms with Gasteiger partial charge in [0.15, 0.2) is 0 Å². The Balaban J connectivity index is 1.99. The molecule has 0 fully saturated rings. The van der Waals surface area contributed by atoms with Crippen LogP contribution in [0.15, 0.2) is 29.2 Å². The molecule has 0 saturated heterocycles. The third-order valence-electron chi connectivity index (χ3n) is 5.02. The summed E-state index contributed by atoms with van der Waals surface area (Å²) in [6.07, 6.45) is 2.67. The first-order valence-corrected chi connectivity index (χ1v) is 16.0. The SMILES string of the molecule is CC(C)NCCOCCOCCOCCNC(=O)Cc1ccc(SSC(C)OCCCCOC(C)C)cc1. The van der Waals surface area contributed by atoms with Crippen molar-refractivity contribution < 1.29 is 28.5 Å². The number of unbranched alkanes of at least 4 members (excludes halogenated alkanes) is 1. The second-order valence-corrected chi connectivity index (χ2v) is 11.9. The van der Waals surface area contributed by atoms with Crippen LogP contribution in [0.5, 0.6) is 0 Å².